The summed E-state index contributed by atoms with van der Waals surface area (Å²) >= 11 is 12.9. The van der Waals surface area contributed by atoms with E-state index < -0.39 is 6.10 Å². The predicted octanol–water partition coefficient (Wildman–Crippen LogP) is 4.58. The van der Waals surface area contributed by atoms with Gasteiger partial charge in [-0.3, -0.25) is 0 Å². The summed E-state index contributed by atoms with van der Waals surface area (Å²) in [5, 5.41) is 10.1. The highest BCUT2D eigenvalue weighted by Gasteiger charge is 2.17. The third-order valence-corrected chi connectivity index (χ3v) is 3.88. The van der Waals surface area contributed by atoms with Gasteiger partial charge in [0.2, 0.25) is 0 Å². The highest BCUT2D eigenvalue weighted by Crippen LogP contribution is 2.37. The second-order valence-corrected chi connectivity index (χ2v) is 6.03. The predicted molar refractivity (Wildman–Crippen MR) is 69.5 cm³/mol. The first-order valence-electron chi connectivity index (χ1n) is 4.87. The number of hydrogen-bond donors (Lipinski definition) is 1. The van der Waals surface area contributed by atoms with Gasteiger partial charge in [-0.1, -0.05) is 29.3 Å². The Labute approximate surface area is 112 Å². The molecule has 0 spiro atoms. The Balaban J connectivity index is 2.43. The summed E-state index contributed by atoms with van der Waals surface area (Å²) in [5.41, 5.74) is 1.72. The van der Waals surface area contributed by atoms with Crippen LogP contribution in [0.15, 0.2) is 24.3 Å². The van der Waals surface area contributed by atoms with E-state index in [4.69, 9.17) is 23.2 Å². The van der Waals surface area contributed by atoms with Gasteiger partial charge in [0.25, 0.3) is 0 Å². The molecule has 0 radical (unpaired) electrons. The molecule has 0 aliphatic rings. The minimum absolute atomic E-state index is 0.378. The molecule has 0 aliphatic carbocycles. The van der Waals surface area contributed by atoms with E-state index in [1.54, 1.807) is 19.1 Å². The average molecular weight is 291 g/mol. The SMILES string of the molecule is Cc1cc(F)cc(C(O)c2cc(Cl)sc2Cl)c1. The van der Waals surface area contributed by atoms with E-state index in [9.17, 15) is 9.50 Å². The first-order valence-corrected chi connectivity index (χ1v) is 6.44. The summed E-state index contributed by atoms with van der Waals surface area (Å²) < 4.78 is 14.2. The Morgan fingerprint density at radius 1 is 1.24 bits per heavy atom. The lowest BCUT2D eigenvalue weighted by Crippen LogP contribution is -2.00. The summed E-state index contributed by atoms with van der Waals surface area (Å²) in [4.78, 5) is 0. The van der Waals surface area contributed by atoms with E-state index >= 15 is 0 Å². The highest BCUT2D eigenvalue weighted by atomic mass is 35.5. The van der Waals surface area contributed by atoms with Crippen molar-refractivity contribution in [1.82, 2.24) is 0 Å². The van der Waals surface area contributed by atoms with Crippen molar-refractivity contribution in [1.29, 1.82) is 0 Å². The number of thiophene rings is 1. The number of aliphatic hydroxyl groups is 1. The topological polar surface area (TPSA) is 20.2 Å². The minimum Gasteiger partial charge on any atom is -0.384 e. The molecule has 0 saturated carbocycles. The van der Waals surface area contributed by atoms with Crippen LogP contribution in [0.2, 0.25) is 8.67 Å². The van der Waals surface area contributed by atoms with Gasteiger partial charge >= 0.3 is 0 Å². The van der Waals surface area contributed by atoms with Crippen LogP contribution in [-0.2, 0) is 0 Å². The van der Waals surface area contributed by atoms with E-state index in [1.807, 2.05) is 0 Å². The van der Waals surface area contributed by atoms with Crippen LogP contribution in [0.3, 0.4) is 0 Å². The lowest BCUT2D eigenvalue weighted by atomic mass is 10.0. The average Bonchev–Trinajstić information content (AvgIpc) is 2.55. The van der Waals surface area contributed by atoms with E-state index in [1.165, 1.54) is 23.5 Å². The molecule has 1 heterocycles. The molecule has 0 bridgehead atoms. The van der Waals surface area contributed by atoms with Crippen LogP contribution in [0.1, 0.15) is 22.8 Å². The second kappa shape index (κ2) is 4.94. The quantitative estimate of drug-likeness (QED) is 0.858. The summed E-state index contributed by atoms with van der Waals surface area (Å²) in [7, 11) is 0. The molecule has 1 aromatic carbocycles. The molecule has 5 heteroatoms. The smallest absolute Gasteiger partial charge is 0.123 e. The van der Waals surface area contributed by atoms with Gasteiger partial charge in [0.1, 0.15) is 16.3 Å². The molecular weight excluding hydrogens is 282 g/mol. The second-order valence-electron chi connectivity index (χ2n) is 3.74. The molecule has 0 aliphatic heterocycles. The van der Waals surface area contributed by atoms with E-state index in [2.05, 4.69) is 0 Å². The highest BCUT2D eigenvalue weighted by molar-refractivity contribution is 7.20. The molecule has 2 aromatic rings. The van der Waals surface area contributed by atoms with Crippen molar-refractivity contribution in [3.63, 3.8) is 0 Å². The van der Waals surface area contributed by atoms with Gasteiger partial charge < -0.3 is 5.11 Å². The number of halogens is 3. The summed E-state index contributed by atoms with van der Waals surface area (Å²) in [5.74, 6) is -0.378. The standard InChI is InChI=1S/C12H9Cl2FOS/c1-6-2-7(4-8(15)3-6)11(16)9-5-10(13)17-12(9)14/h2-5,11,16H,1H3. The first kappa shape index (κ1) is 12.8. The summed E-state index contributed by atoms with van der Waals surface area (Å²) in [6.45, 7) is 1.77. The minimum atomic E-state index is -0.958. The number of benzene rings is 1. The molecule has 17 heavy (non-hydrogen) atoms. The molecule has 90 valence electrons. The van der Waals surface area contributed by atoms with Crippen LogP contribution in [-0.4, -0.2) is 5.11 Å². The van der Waals surface area contributed by atoms with Crippen molar-refractivity contribution < 1.29 is 9.50 Å². The molecule has 1 atom stereocenters. The normalized spacial score (nSPS) is 12.8. The van der Waals surface area contributed by atoms with Gasteiger partial charge in [0.15, 0.2) is 0 Å². The van der Waals surface area contributed by atoms with Gasteiger partial charge in [0, 0.05) is 5.56 Å². The number of aryl methyl sites for hydroxylation is 1. The van der Waals surface area contributed by atoms with Crippen molar-refractivity contribution in [3.8, 4) is 0 Å². The molecule has 1 aromatic heterocycles. The Morgan fingerprint density at radius 3 is 2.47 bits per heavy atom. The number of rotatable bonds is 2. The van der Waals surface area contributed by atoms with E-state index in [0.717, 1.165) is 5.56 Å². The largest absolute Gasteiger partial charge is 0.384 e. The maximum atomic E-state index is 13.2. The van der Waals surface area contributed by atoms with Crippen LogP contribution < -0.4 is 0 Å². The molecule has 0 fully saturated rings. The maximum Gasteiger partial charge on any atom is 0.123 e. The zero-order chi connectivity index (χ0) is 12.6. The lowest BCUT2D eigenvalue weighted by molar-refractivity contribution is 0.220. The number of aliphatic hydroxyl groups excluding tert-OH is 1. The van der Waals surface area contributed by atoms with E-state index in [0.29, 0.717) is 19.8 Å². The Hall–Kier alpha value is -0.610. The molecular formula is C12H9Cl2FOS. The van der Waals surface area contributed by atoms with Crippen LogP contribution in [0.25, 0.3) is 0 Å². The Bertz CT molecular complexity index is 533. The zero-order valence-corrected chi connectivity index (χ0v) is 11.2. The molecule has 0 saturated heterocycles. The van der Waals surface area contributed by atoms with Crippen molar-refractivity contribution in [3.05, 3.63) is 55.4 Å². The molecule has 1 unspecified atom stereocenters. The Kier molecular flexibility index (Phi) is 3.73. The Morgan fingerprint density at radius 2 is 1.94 bits per heavy atom. The van der Waals surface area contributed by atoms with Gasteiger partial charge in [-0.25, -0.2) is 4.39 Å². The van der Waals surface area contributed by atoms with Crippen molar-refractivity contribution in [2.75, 3.05) is 0 Å². The van der Waals surface area contributed by atoms with Crippen LogP contribution >= 0.6 is 34.5 Å². The summed E-state index contributed by atoms with van der Waals surface area (Å²) in [6.07, 6.45) is -0.958. The molecule has 2 rings (SSSR count). The van der Waals surface area contributed by atoms with Crippen molar-refractivity contribution >= 4 is 34.5 Å². The third-order valence-electron chi connectivity index (χ3n) is 2.36. The summed E-state index contributed by atoms with van der Waals surface area (Å²) in [6, 6.07) is 6.01. The maximum absolute atomic E-state index is 13.2. The molecule has 1 nitrogen and oxygen atoms in total. The number of hydrogen-bond acceptors (Lipinski definition) is 2. The fraction of sp³-hybridized carbons (Fsp3) is 0.167. The van der Waals surface area contributed by atoms with Crippen LogP contribution in [0, 0.1) is 12.7 Å². The monoisotopic (exact) mass is 290 g/mol. The van der Waals surface area contributed by atoms with Crippen LogP contribution in [0.5, 0.6) is 0 Å². The lowest BCUT2D eigenvalue weighted by Gasteiger charge is -2.11. The first-order chi connectivity index (χ1) is 7.97. The van der Waals surface area contributed by atoms with Crippen molar-refractivity contribution in [2.45, 2.75) is 13.0 Å². The third kappa shape index (κ3) is 2.80. The van der Waals surface area contributed by atoms with E-state index in [-0.39, 0.29) is 5.82 Å². The molecule has 1 N–H and O–H groups in total. The van der Waals surface area contributed by atoms with Crippen LogP contribution in [0.4, 0.5) is 4.39 Å². The van der Waals surface area contributed by atoms with Gasteiger partial charge in [0.05, 0.1) is 4.34 Å². The zero-order valence-electron chi connectivity index (χ0n) is 8.88. The fourth-order valence-electron chi connectivity index (χ4n) is 1.64. The van der Waals surface area contributed by atoms with Gasteiger partial charge in [-0.05, 0) is 36.2 Å². The van der Waals surface area contributed by atoms with Crippen molar-refractivity contribution in [2.24, 2.45) is 0 Å². The molecule has 0 amide bonds. The fourth-order valence-corrected chi connectivity index (χ4v) is 3.16. The van der Waals surface area contributed by atoms with Gasteiger partial charge in [-0.15, -0.1) is 11.3 Å². The van der Waals surface area contributed by atoms with Gasteiger partial charge in [-0.2, -0.15) is 0 Å².